The van der Waals surface area contributed by atoms with E-state index in [9.17, 15) is 14.7 Å². The van der Waals surface area contributed by atoms with Crippen molar-refractivity contribution in [3.63, 3.8) is 0 Å². The first-order valence-electron chi connectivity index (χ1n) is 3.09. The molecule has 1 heterocycles. The zero-order valence-corrected chi connectivity index (χ0v) is 5.68. The molecule has 0 aromatic rings. The number of carbonyl (C=O) groups excluding carboxylic acids is 2. The van der Waals surface area contributed by atoms with Gasteiger partial charge < -0.3 is 5.11 Å². The first-order chi connectivity index (χ1) is 4.52. The summed E-state index contributed by atoms with van der Waals surface area (Å²) in [5, 5.41) is 11.2. The highest BCUT2D eigenvalue weighted by molar-refractivity contribution is 6.01. The number of rotatable bonds is 0. The van der Waals surface area contributed by atoms with Crippen molar-refractivity contribution in [1.82, 2.24) is 5.32 Å². The third kappa shape index (κ3) is 1.16. The number of imide groups is 1. The molecule has 4 heteroatoms. The van der Waals surface area contributed by atoms with Crippen molar-refractivity contribution in [2.45, 2.75) is 25.4 Å². The average molecular weight is 143 g/mol. The molecule has 2 N–H and O–H groups in total. The Hall–Kier alpha value is -0.900. The molecule has 0 radical (unpaired) electrons. The van der Waals surface area contributed by atoms with Crippen molar-refractivity contribution in [2.75, 3.05) is 0 Å². The van der Waals surface area contributed by atoms with Crippen LogP contribution < -0.4 is 5.32 Å². The standard InChI is InChI=1S/C6H9NO3/c1-6(10)3-2-4(8)7-5(6)9/h10H,2-3H2,1H3,(H,7,8,9). The molecule has 0 spiro atoms. The Bertz CT molecular complexity index is 185. The molecule has 10 heavy (non-hydrogen) atoms. The van der Waals surface area contributed by atoms with E-state index < -0.39 is 11.5 Å². The fourth-order valence-corrected chi connectivity index (χ4v) is 0.794. The zero-order chi connectivity index (χ0) is 7.78. The van der Waals surface area contributed by atoms with Gasteiger partial charge in [0.15, 0.2) is 0 Å². The Kier molecular flexibility index (Phi) is 1.48. The molecule has 1 aliphatic heterocycles. The lowest BCUT2D eigenvalue weighted by Gasteiger charge is -2.25. The van der Waals surface area contributed by atoms with Gasteiger partial charge in [0.1, 0.15) is 5.60 Å². The van der Waals surface area contributed by atoms with E-state index in [4.69, 9.17) is 0 Å². The molecule has 1 atom stereocenters. The van der Waals surface area contributed by atoms with Crippen LogP contribution in [-0.4, -0.2) is 22.5 Å². The highest BCUT2D eigenvalue weighted by Crippen LogP contribution is 2.15. The Morgan fingerprint density at radius 1 is 1.60 bits per heavy atom. The Morgan fingerprint density at radius 2 is 2.20 bits per heavy atom. The predicted octanol–water partition coefficient (Wildman–Crippen LogP) is -0.826. The molecule has 2 amide bonds. The van der Waals surface area contributed by atoms with Crippen LogP contribution in [-0.2, 0) is 9.59 Å². The van der Waals surface area contributed by atoms with E-state index >= 15 is 0 Å². The molecule has 0 aliphatic carbocycles. The summed E-state index contributed by atoms with van der Waals surface area (Å²) < 4.78 is 0. The maximum absolute atomic E-state index is 10.7. The number of nitrogens with one attached hydrogen (secondary N) is 1. The summed E-state index contributed by atoms with van der Waals surface area (Å²) in [6.45, 7) is 1.40. The van der Waals surface area contributed by atoms with Gasteiger partial charge in [-0.1, -0.05) is 0 Å². The molecule has 1 unspecified atom stereocenters. The molecule has 1 aliphatic rings. The average Bonchev–Trinajstić information content (AvgIpc) is 1.81. The van der Waals surface area contributed by atoms with Crippen LogP contribution in [0.4, 0.5) is 0 Å². The van der Waals surface area contributed by atoms with Crippen LogP contribution in [0.5, 0.6) is 0 Å². The molecule has 1 saturated heterocycles. The first kappa shape index (κ1) is 7.21. The monoisotopic (exact) mass is 143 g/mol. The first-order valence-corrected chi connectivity index (χ1v) is 3.09. The molecule has 0 aromatic heterocycles. The maximum Gasteiger partial charge on any atom is 0.258 e. The minimum absolute atomic E-state index is 0.220. The van der Waals surface area contributed by atoms with Crippen molar-refractivity contribution in [3.8, 4) is 0 Å². The van der Waals surface area contributed by atoms with Crippen LogP contribution in [0.15, 0.2) is 0 Å². The summed E-state index contributed by atoms with van der Waals surface area (Å²) in [5.74, 6) is -0.903. The summed E-state index contributed by atoms with van der Waals surface area (Å²) >= 11 is 0. The molecule has 0 aromatic carbocycles. The normalized spacial score (nSPS) is 33.8. The number of piperidine rings is 1. The fourth-order valence-electron chi connectivity index (χ4n) is 0.794. The van der Waals surface area contributed by atoms with Gasteiger partial charge in [0.25, 0.3) is 5.91 Å². The van der Waals surface area contributed by atoms with Crippen molar-refractivity contribution in [2.24, 2.45) is 0 Å². The molecule has 0 saturated carbocycles. The largest absolute Gasteiger partial charge is 0.380 e. The van der Waals surface area contributed by atoms with Gasteiger partial charge in [-0.25, -0.2) is 0 Å². The van der Waals surface area contributed by atoms with Crippen LogP contribution in [0, 0.1) is 0 Å². The lowest BCUT2D eigenvalue weighted by Crippen LogP contribution is -2.51. The van der Waals surface area contributed by atoms with E-state index in [1.165, 1.54) is 6.92 Å². The summed E-state index contributed by atoms with van der Waals surface area (Å²) in [4.78, 5) is 21.3. The third-order valence-corrected chi connectivity index (χ3v) is 1.58. The summed E-state index contributed by atoms with van der Waals surface area (Å²) in [5.41, 5.74) is -1.35. The van der Waals surface area contributed by atoms with Gasteiger partial charge in [-0.3, -0.25) is 14.9 Å². The summed E-state index contributed by atoms with van der Waals surface area (Å²) in [6, 6.07) is 0. The third-order valence-electron chi connectivity index (χ3n) is 1.58. The van der Waals surface area contributed by atoms with Crippen LogP contribution in [0.1, 0.15) is 19.8 Å². The number of aliphatic hydroxyl groups is 1. The molecule has 1 rings (SSSR count). The van der Waals surface area contributed by atoms with Crippen LogP contribution >= 0.6 is 0 Å². The van der Waals surface area contributed by atoms with Gasteiger partial charge in [0, 0.05) is 6.42 Å². The quantitative estimate of drug-likeness (QED) is 0.435. The molecule has 4 nitrogen and oxygen atoms in total. The fraction of sp³-hybridized carbons (Fsp3) is 0.667. The minimum atomic E-state index is -1.35. The second kappa shape index (κ2) is 2.05. The smallest absolute Gasteiger partial charge is 0.258 e. The van der Waals surface area contributed by atoms with E-state index in [2.05, 4.69) is 0 Å². The Balaban J connectivity index is 2.70. The van der Waals surface area contributed by atoms with E-state index in [0.717, 1.165) is 0 Å². The van der Waals surface area contributed by atoms with E-state index in [-0.39, 0.29) is 18.7 Å². The van der Waals surface area contributed by atoms with Gasteiger partial charge in [0.2, 0.25) is 5.91 Å². The van der Waals surface area contributed by atoms with Gasteiger partial charge in [0.05, 0.1) is 0 Å². The zero-order valence-electron chi connectivity index (χ0n) is 5.68. The van der Waals surface area contributed by atoms with Gasteiger partial charge >= 0.3 is 0 Å². The number of carbonyl (C=O) groups is 2. The van der Waals surface area contributed by atoms with Gasteiger partial charge in [-0.05, 0) is 13.3 Å². The van der Waals surface area contributed by atoms with Gasteiger partial charge in [-0.15, -0.1) is 0 Å². The van der Waals surface area contributed by atoms with Crippen LogP contribution in [0.25, 0.3) is 0 Å². The summed E-state index contributed by atoms with van der Waals surface area (Å²) in [6.07, 6.45) is 0.441. The topological polar surface area (TPSA) is 66.4 Å². The highest BCUT2D eigenvalue weighted by Gasteiger charge is 2.35. The number of hydrogen-bond donors (Lipinski definition) is 2. The van der Waals surface area contributed by atoms with Crippen LogP contribution in [0.2, 0.25) is 0 Å². The van der Waals surface area contributed by atoms with Crippen molar-refractivity contribution in [1.29, 1.82) is 0 Å². The Morgan fingerprint density at radius 3 is 2.60 bits per heavy atom. The molecule has 1 fully saturated rings. The van der Waals surface area contributed by atoms with Crippen LogP contribution in [0.3, 0.4) is 0 Å². The van der Waals surface area contributed by atoms with Crippen molar-refractivity contribution < 1.29 is 14.7 Å². The lowest BCUT2D eigenvalue weighted by molar-refractivity contribution is -0.148. The Labute approximate surface area is 58.2 Å². The number of amides is 2. The van der Waals surface area contributed by atoms with E-state index in [1.54, 1.807) is 0 Å². The summed E-state index contributed by atoms with van der Waals surface area (Å²) in [7, 11) is 0. The van der Waals surface area contributed by atoms with Gasteiger partial charge in [-0.2, -0.15) is 0 Å². The molecule has 56 valence electrons. The van der Waals surface area contributed by atoms with Crippen molar-refractivity contribution >= 4 is 11.8 Å². The highest BCUT2D eigenvalue weighted by atomic mass is 16.3. The molecular weight excluding hydrogens is 134 g/mol. The minimum Gasteiger partial charge on any atom is -0.380 e. The maximum atomic E-state index is 10.7. The predicted molar refractivity (Wildman–Crippen MR) is 33.0 cm³/mol. The molecule has 0 bridgehead atoms. The van der Waals surface area contributed by atoms with Crippen molar-refractivity contribution in [3.05, 3.63) is 0 Å². The number of hydrogen-bond acceptors (Lipinski definition) is 3. The molecular formula is C6H9NO3. The lowest BCUT2D eigenvalue weighted by atomic mass is 9.95. The second-order valence-electron chi connectivity index (χ2n) is 2.65. The second-order valence-corrected chi connectivity index (χ2v) is 2.65. The SMILES string of the molecule is CC1(O)CCC(=O)NC1=O. The van der Waals surface area contributed by atoms with E-state index in [0.29, 0.717) is 0 Å². The van der Waals surface area contributed by atoms with E-state index in [1.807, 2.05) is 5.32 Å².